The van der Waals surface area contributed by atoms with Crippen LogP contribution in [0.1, 0.15) is 13.3 Å². The van der Waals surface area contributed by atoms with Gasteiger partial charge in [-0.25, -0.2) is 0 Å². The van der Waals surface area contributed by atoms with Crippen molar-refractivity contribution in [3.8, 4) is 0 Å². The van der Waals surface area contributed by atoms with Crippen LogP contribution in [0.2, 0.25) is 0 Å². The van der Waals surface area contributed by atoms with Gasteiger partial charge < -0.3 is 0 Å². The fourth-order valence-corrected chi connectivity index (χ4v) is 1.65. The summed E-state index contributed by atoms with van der Waals surface area (Å²) < 4.78 is 28.5. The molecule has 5 heteroatoms. The molecule has 1 aromatic carbocycles. The summed E-state index contributed by atoms with van der Waals surface area (Å²) in [6.45, 7) is 1.69. The zero-order valence-corrected chi connectivity index (χ0v) is 11.7. The van der Waals surface area contributed by atoms with Crippen LogP contribution in [-0.2, 0) is 10.1 Å². The molecule has 98 valence electrons. The van der Waals surface area contributed by atoms with E-state index < -0.39 is 10.1 Å². The summed E-state index contributed by atoms with van der Waals surface area (Å²) in [6, 6.07) is 10.5. The Hall–Kier alpha value is -0.910. The molecule has 4 nitrogen and oxygen atoms in total. The Morgan fingerprint density at radius 2 is 1.59 bits per heavy atom. The van der Waals surface area contributed by atoms with Crippen molar-refractivity contribution < 1.29 is 13.0 Å². The molecule has 0 atom stereocenters. The molecule has 0 aromatic heterocycles. The van der Waals surface area contributed by atoms with Gasteiger partial charge in [0.15, 0.2) is 0 Å². The highest BCUT2D eigenvalue weighted by molar-refractivity contribution is 7.85. The first kappa shape index (κ1) is 16.1. The first-order valence-corrected chi connectivity index (χ1v) is 7.10. The van der Waals surface area contributed by atoms with Crippen molar-refractivity contribution in [3.63, 3.8) is 0 Å². The Morgan fingerprint density at radius 3 is 1.76 bits per heavy atom. The highest BCUT2D eigenvalue weighted by Gasteiger charge is 2.08. The van der Waals surface area contributed by atoms with Crippen molar-refractivity contribution in [1.82, 2.24) is 4.48 Å². The van der Waals surface area contributed by atoms with E-state index in [9.17, 15) is 8.42 Å². The molecule has 0 amide bonds. The minimum absolute atomic E-state index is 0.132. The highest BCUT2D eigenvalue weighted by Crippen LogP contribution is 2.14. The Bertz CT molecular complexity index is 407. The van der Waals surface area contributed by atoms with Crippen LogP contribution in [0.3, 0.4) is 0 Å². The molecule has 17 heavy (non-hydrogen) atoms. The molecule has 0 saturated carbocycles. The Morgan fingerprint density at radius 1 is 1.12 bits per heavy atom. The van der Waals surface area contributed by atoms with Gasteiger partial charge in [0.05, 0.1) is 26.9 Å². The lowest BCUT2D eigenvalue weighted by Crippen LogP contribution is -2.34. The van der Waals surface area contributed by atoms with E-state index in [1.807, 2.05) is 6.07 Å². The number of hydrogen-bond acceptors (Lipinski definition) is 2. The second kappa shape index (κ2) is 6.74. The minimum atomic E-state index is -3.67. The Kier molecular flexibility index (Phi) is 6.37. The quantitative estimate of drug-likeness (QED) is 0.669. The SMILES string of the molecule is CCCS(=O)(=O)O.C[N+](C)(C)c1ccccc1. The van der Waals surface area contributed by atoms with Gasteiger partial charge in [-0.15, -0.1) is 0 Å². The van der Waals surface area contributed by atoms with Gasteiger partial charge in [-0.1, -0.05) is 25.1 Å². The summed E-state index contributed by atoms with van der Waals surface area (Å²) >= 11 is 0. The van der Waals surface area contributed by atoms with E-state index in [1.54, 1.807) is 6.92 Å². The van der Waals surface area contributed by atoms with Crippen molar-refractivity contribution in [2.75, 3.05) is 26.9 Å². The van der Waals surface area contributed by atoms with E-state index in [1.165, 1.54) is 5.69 Å². The largest absolute Gasteiger partial charge is 0.298 e. The molecule has 1 aromatic rings. The second-order valence-corrected chi connectivity index (χ2v) is 6.21. The van der Waals surface area contributed by atoms with Crippen LogP contribution < -0.4 is 4.48 Å². The van der Waals surface area contributed by atoms with E-state index in [2.05, 4.69) is 45.4 Å². The predicted octanol–water partition coefficient (Wildman–Crippen LogP) is 2.17. The lowest BCUT2D eigenvalue weighted by Gasteiger charge is -2.22. The van der Waals surface area contributed by atoms with Crippen molar-refractivity contribution >= 4 is 15.8 Å². The summed E-state index contributed by atoms with van der Waals surface area (Å²) in [5.41, 5.74) is 1.34. The molecule has 0 radical (unpaired) electrons. The Balaban J connectivity index is 0.000000325. The lowest BCUT2D eigenvalue weighted by molar-refractivity contribution is 0.482. The van der Waals surface area contributed by atoms with Crippen LogP contribution in [0.4, 0.5) is 5.69 Å². The monoisotopic (exact) mass is 260 g/mol. The van der Waals surface area contributed by atoms with Crippen molar-refractivity contribution in [3.05, 3.63) is 30.3 Å². The summed E-state index contributed by atoms with van der Waals surface area (Å²) in [7, 11) is 2.81. The van der Waals surface area contributed by atoms with E-state index in [-0.39, 0.29) is 5.75 Å². The van der Waals surface area contributed by atoms with Crippen molar-refractivity contribution in [2.45, 2.75) is 13.3 Å². The van der Waals surface area contributed by atoms with Gasteiger partial charge >= 0.3 is 0 Å². The zero-order valence-electron chi connectivity index (χ0n) is 10.9. The minimum Gasteiger partial charge on any atom is -0.298 e. The van der Waals surface area contributed by atoms with Crippen LogP contribution in [0, 0.1) is 0 Å². The highest BCUT2D eigenvalue weighted by atomic mass is 32.2. The molecular formula is C12H22NO3S+. The predicted molar refractivity (Wildman–Crippen MR) is 72.7 cm³/mol. The maximum absolute atomic E-state index is 9.79. The molecule has 0 heterocycles. The molecule has 0 aliphatic heterocycles. The molecule has 0 bridgehead atoms. The topological polar surface area (TPSA) is 54.4 Å². The third kappa shape index (κ3) is 8.85. The smallest absolute Gasteiger partial charge is 0.264 e. The first-order valence-electron chi connectivity index (χ1n) is 5.49. The molecule has 0 unspecified atom stereocenters. The van der Waals surface area contributed by atoms with Crippen LogP contribution in [-0.4, -0.2) is 39.9 Å². The third-order valence-corrected chi connectivity index (χ3v) is 2.92. The van der Waals surface area contributed by atoms with E-state index in [0.717, 1.165) is 4.48 Å². The van der Waals surface area contributed by atoms with Gasteiger partial charge in [0.2, 0.25) is 0 Å². The molecular weight excluding hydrogens is 238 g/mol. The van der Waals surface area contributed by atoms with Gasteiger partial charge in [-0.3, -0.25) is 9.04 Å². The number of nitrogens with zero attached hydrogens (tertiary/aromatic N) is 1. The Labute approximate surface area is 104 Å². The van der Waals surface area contributed by atoms with Gasteiger partial charge in [0, 0.05) is 0 Å². The van der Waals surface area contributed by atoms with Gasteiger partial charge in [0.1, 0.15) is 5.69 Å². The summed E-state index contributed by atoms with van der Waals surface area (Å²) in [4.78, 5) is 0. The first-order chi connectivity index (χ1) is 7.67. The van der Waals surface area contributed by atoms with Crippen LogP contribution in [0.25, 0.3) is 0 Å². The zero-order chi connectivity index (χ0) is 13.5. The average molecular weight is 260 g/mol. The van der Waals surface area contributed by atoms with Crippen LogP contribution in [0.5, 0.6) is 0 Å². The molecule has 1 rings (SSSR count). The van der Waals surface area contributed by atoms with E-state index >= 15 is 0 Å². The number of benzene rings is 1. The molecule has 0 aliphatic carbocycles. The normalized spacial score (nSPS) is 11.6. The van der Waals surface area contributed by atoms with Gasteiger partial charge in [-0.05, 0) is 18.6 Å². The summed E-state index contributed by atoms with van der Waals surface area (Å²) in [5, 5.41) is 0. The maximum atomic E-state index is 9.79. The fraction of sp³-hybridized carbons (Fsp3) is 0.500. The molecule has 0 spiro atoms. The summed E-state index contributed by atoms with van der Waals surface area (Å²) in [6.07, 6.45) is 0.471. The molecule has 0 fully saturated rings. The molecule has 0 aliphatic rings. The number of rotatable bonds is 3. The van der Waals surface area contributed by atoms with Crippen LogP contribution >= 0.6 is 0 Å². The number of quaternary nitrogens is 1. The lowest BCUT2D eigenvalue weighted by atomic mass is 10.3. The van der Waals surface area contributed by atoms with Crippen molar-refractivity contribution in [2.24, 2.45) is 0 Å². The molecule has 1 N–H and O–H groups in total. The standard InChI is InChI=1S/C9H14N.C3H8O3S/c1-10(2,3)9-7-5-4-6-8-9;1-2-3-7(4,5)6/h4-8H,1-3H3;2-3H2,1H3,(H,4,5,6)/q+1;. The molecule has 0 saturated heterocycles. The maximum Gasteiger partial charge on any atom is 0.264 e. The van der Waals surface area contributed by atoms with Gasteiger partial charge in [0.25, 0.3) is 10.1 Å². The second-order valence-electron chi connectivity index (χ2n) is 4.63. The van der Waals surface area contributed by atoms with Crippen molar-refractivity contribution in [1.29, 1.82) is 0 Å². The van der Waals surface area contributed by atoms with Gasteiger partial charge in [-0.2, -0.15) is 8.42 Å². The number of para-hydroxylation sites is 1. The third-order valence-electron chi connectivity index (χ3n) is 1.99. The average Bonchev–Trinajstić information content (AvgIpc) is 2.17. The fourth-order valence-electron chi connectivity index (χ4n) is 1.13. The summed E-state index contributed by atoms with van der Waals surface area (Å²) in [5.74, 6) is -0.132. The van der Waals surface area contributed by atoms with Crippen LogP contribution in [0.15, 0.2) is 30.3 Å². The van der Waals surface area contributed by atoms with E-state index in [4.69, 9.17) is 4.55 Å². The number of hydrogen-bond donors (Lipinski definition) is 1. The van der Waals surface area contributed by atoms with E-state index in [0.29, 0.717) is 6.42 Å².